The Labute approximate surface area is 169 Å². The third kappa shape index (κ3) is 3.60. The Morgan fingerprint density at radius 1 is 1.28 bits per heavy atom. The van der Waals surface area contributed by atoms with Crippen molar-refractivity contribution >= 4 is 34.2 Å². The first-order valence-electron chi connectivity index (χ1n) is 10.00. The number of nitrogens with one attached hydrogen (secondary N) is 1. The lowest BCUT2D eigenvalue weighted by Gasteiger charge is -2.20. The zero-order chi connectivity index (χ0) is 20.5. The van der Waals surface area contributed by atoms with E-state index in [2.05, 4.69) is 22.3 Å². The van der Waals surface area contributed by atoms with Crippen LogP contribution in [0.3, 0.4) is 0 Å². The minimum absolute atomic E-state index is 0.0159. The maximum absolute atomic E-state index is 12.8. The number of para-hydroxylation sites is 1. The number of carbonyl (C=O) groups is 2. The average molecular weight is 391 g/mol. The number of anilines is 2. The highest BCUT2D eigenvalue weighted by Crippen LogP contribution is 2.29. The predicted molar refractivity (Wildman–Crippen MR) is 113 cm³/mol. The van der Waals surface area contributed by atoms with Crippen LogP contribution in [0, 0.1) is 5.92 Å². The molecule has 2 aromatic heterocycles. The molecule has 1 atom stereocenters. The number of nitrogens with zero attached hydrogens (tertiary/aromatic N) is 4. The first-order chi connectivity index (χ1) is 14.0. The van der Waals surface area contributed by atoms with Gasteiger partial charge in [0.2, 0.25) is 11.8 Å². The van der Waals surface area contributed by atoms with Crippen LogP contribution >= 0.6 is 0 Å². The van der Waals surface area contributed by atoms with Gasteiger partial charge < -0.3 is 10.2 Å². The molecule has 0 bridgehead atoms. The summed E-state index contributed by atoms with van der Waals surface area (Å²) < 4.78 is 1.85. The van der Waals surface area contributed by atoms with E-state index in [0.717, 1.165) is 28.7 Å². The summed E-state index contributed by atoms with van der Waals surface area (Å²) in [5, 5.41) is 8.14. The molecule has 0 spiro atoms. The number of hydrogen-bond donors (Lipinski definition) is 1. The summed E-state index contributed by atoms with van der Waals surface area (Å²) >= 11 is 0. The number of carbonyl (C=O) groups excluding carboxylic acids is 2. The van der Waals surface area contributed by atoms with E-state index in [9.17, 15) is 9.59 Å². The molecular formula is C22H25N5O2. The van der Waals surface area contributed by atoms with Gasteiger partial charge in [0.15, 0.2) is 5.65 Å². The molecule has 1 N–H and O–H groups in total. The summed E-state index contributed by atoms with van der Waals surface area (Å²) in [6.07, 6.45) is 4.44. The van der Waals surface area contributed by atoms with Gasteiger partial charge >= 0.3 is 0 Å². The topological polar surface area (TPSA) is 80.1 Å². The summed E-state index contributed by atoms with van der Waals surface area (Å²) in [7, 11) is 0. The molecule has 4 rings (SSSR count). The summed E-state index contributed by atoms with van der Waals surface area (Å²) in [6, 6.07) is 9.94. The Morgan fingerprint density at radius 2 is 2.07 bits per heavy atom. The normalized spacial score (nSPS) is 16.8. The zero-order valence-corrected chi connectivity index (χ0v) is 16.9. The van der Waals surface area contributed by atoms with E-state index in [4.69, 9.17) is 0 Å². The molecule has 29 heavy (non-hydrogen) atoms. The molecule has 0 saturated carbocycles. The molecule has 3 aromatic rings. The fourth-order valence-electron chi connectivity index (χ4n) is 3.82. The first kappa shape index (κ1) is 19.1. The molecule has 2 amide bonds. The third-order valence-electron chi connectivity index (χ3n) is 5.35. The Bertz CT molecular complexity index is 1070. The van der Waals surface area contributed by atoms with Crippen LogP contribution in [-0.4, -0.2) is 33.1 Å². The molecule has 3 heterocycles. The van der Waals surface area contributed by atoms with Gasteiger partial charge in [0, 0.05) is 30.1 Å². The molecule has 1 aliphatic heterocycles. The SMILES string of the molecule is CCc1ccccc1N1CC(C(=O)Nc2cnc3c(cnn3C(C)C)c2)CC1=O. The number of pyridine rings is 1. The highest BCUT2D eigenvalue weighted by atomic mass is 16.2. The average Bonchev–Trinajstić information content (AvgIpc) is 3.31. The van der Waals surface area contributed by atoms with Gasteiger partial charge in [-0.05, 0) is 38.0 Å². The van der Waals surface area contributed by atoms with Gasteiger partial charge in [-0.1, -0.05) is 25.1 Å². The monoisotopic (exact) mass is 391 g/mol. The minimum atomic E-state index is -0.388. The Balaban J connectivity index is 1.49. The molecule has 0 aliphatic carbocycles. The van der Waals surface area contributed by atoms with Crippen LogP contribution in [0.2, 0.25) is 0 Å². The van der Waals surface area contributed by atoms with Gasteiger partial charge in [-0.2, -0.15) is 5.10 Å². The number of amides is 2. The van der Waals surface area contributed by atoms with Gasteiger partial charge in [0.25, 0.3) is 0 Å². The van der Waals surface area contributed by atoms with Crippen LogP contribution in [0.1, 0.15) is 38.8 Å². The third-order valence-corrected chi connectivity index (χ3v) is 5.35. The van der Waals surface area contributed by atoms with E-state index in [0.29, 0.717) is 12.2 Å². The second-order valence-electron chi connectivity index (χ2n) is 7.70. The largest absolute Gasteiger partial charge is 0.324 e. The standard InChI is InChI=1S/C22H25N5O2/c1-4-15-7-5-6-8-19(15)26-13-17(10-20(26)28)22(29)25-18-9-16-11-24-27(14(2)3)21(16)23-12-18/h5-9,11-12,14,17H,4,10,13H2,1-3H3,(H,25,29). The Kier molecular flexibility index (Phi) is 5.05. The molecule has 1 aromatic carbocycles. The lowest BCUT2D eigenvalue weighted by Crippen LogP contribution is -2.28. The zero-order valence-electron chi connectivity index (χ0n) is 16.9. The molecular weight excluding hydrogens is 366 g/mol. The fraction of sp³-hybridized carbons (Fsp3) is 0.364. The van der Waals surface area contributed by atoms with Crippen LogP contribution in [0.15, 0.2) is 42.7 Å². The second kappa shape index (κ2) is 7.66. The summed E-state index contributed by atoms with van der Waals surface area (Å²) in [6.45, 7) is 6.55. The van der Waals surface area contributed by atoms with Crippen molar-refractivity contribution in [1.82, 2.24) is 14.8 Å². The smallest absolute Gasteiger partial charge is 0.229 e. The van der Waals surface area contributed by atoms with E-state index in [1.165, 1.54) is 0 Å². The van der Waals surface area contributed by atoms with Crippen LogP contribution in [0.25, 0.3) is 11.0 Å². The van der Waals surface area contributed by atoms with Crippen molar-refractivity contribution in [2.24, 2.45) is 5.92 Å². The van der Waals surface area contributed by atoms with Crippen LogP contribution in [0.4, 0.5) is 11.4 Å². The number of fused-ring (bicyclic) bond motifs is 1. The predicted octanol–water partition coefficient (Wildman–Crippen LogP) is 3.57. The quantitative estimate of drug-likeness (QED) is 0.721. The number of aryl methyl sites for hydroxylation is 1. The Hall–Kier alpha value is -3.22. The van der Waals surface area contributed by atoms with Crippen molar-refractivity contribution in [3.63, 3.8) is 0 Å². The van der Waals surface area contributed by atoms with Gasteiger partial charge in [-0.15, -0.1) is 0 Å². The maximum atomic E-state index is 12.8. The van der Waals surface area contributed by atoms with Gasteiger partial charge in [0.1, 0.15) is 0 Å². The number of rotatable bonds is 5. The van der Waals surface area contributed by atoms with E-state index in [-0.39, 0.29) is 30.2 Å². The maximum Gasteiger partial charge on any atom is 0.229 e. The van der Waals surface area contributed by atoms with E-state index in [1.807, 2.05) is 48.9 Å². The molecule has 1 aliphatic rings. The van der Waals surface area contributed by atoms with Crippen LogP contribution < -0.4 is 10.2 Å². The van der Waals surface area contributed by atoms with Gasteiger partial charge in [0.05, 0.1) is 24.0 Å². The van der Waals surface area contributed by atoms with Crippen LogP contribution in [-0.2, 0) is 16.0 Å². The van der Waals surface area contributed by atoms with Crippen molar-refractivity contribution in [1.29, 1.82) is 0 Å². The van der Waals surface area contributed by atoms with Crippen molar-refractivity contribution < 1.29 is 9.59 Å². The second-order valence-corrected chi connectivity index (χ2v) is 7.70. The van der Waals surface area contributed by atoms with Gasteiger partial charge in [-0.3, -0.25) is 9.59 Å². The van der Waals surface area contributed by atoms with Crippen LogP contribution in [0.5, 0.6) is 0 Å². The van der Waals surface area contributed by atoms with E-state index in [1.54, 1.807) is 17.3 Å². The van der Waals surface area contributed by atoms with Crippen molar-refractivity contribution in [2.75, 3.05) is 16.8 Å². The molecule has 0 radical (unpaired) electrons. The highest BCUT2D eigenvalue weighted by molar-refractivity contribution is 6.04. The first-order valence-corrected chi connectivity index (χ1v) is 10.00. The van der Waals surface area contributed by atoms with Crippen molar-refractivity contribution in [2.45, 2.75) is 39.7 Å². The summed E-state index contributed by atoms with van der Waals surface area (Å²) in [4.78, 5) is 31.6. The summed E-state index contributed by atoms with van der Waals surface area (Å²) in [5.41, 5.74) is 3.42. The molecule has 1 saturated heterocycles. The van der Waals surface area contributed by atoms with E-state index >= 15 is 0 Å². The fourth-order valence-corrected chi connectivity index (χ4v) is 3.82. The number of hydrogen-bond acceptors (Lipinski definition) is 4. The molecule has 7 nitrogen and oxygen atoms in total. The number of benzene rings is 1. The molecule has 7 heteroatoms. The lowest BCUT2D eigenvalue weighted by molar-refractivity contribution is -0.122. The van der Waals surface area contributed by atoms with E-state index < -0.39 is 0 Å². The highest BCUT2D eigenvalue weighted by Gasteiger charge is 2.35. The van der Waals surface area contributed by atoms with Crippen molar-refractivity contribution in [3.05, 3.63) is 48.3 Å². The molecule has 1 fully saturated rings. The minimum Gasteiger partial charge on any atom is -0.324 e. The lowest BCUT2D eigenvalue weighted by atomic mass is 10.1. The molecule has 150 valence electrons. The molecule has 1 unspecified atom stereocenters. The Morgan fingerprint density at radius 3 is 2.83 bits per heavy atom. The summed E-state index contributed by atoms with van der Waals surface area (Å²) in [5.74, 6) is -0.563. The van der Waals surface area contributed by atoms with Crippen molar-refractivity contribution in [3.8, 4) is 0 Å². The van der Waals surface area contributed by atoms with Gasteiger partial charge in [-0.25, -0.2) is 9.67 Å². The number of aromatic nitrogens is 3.